The minimum atomic E-state index is -0.556. The predicted molar refractivity (Wildman–Crippen MR) is 99.5 cm³/mol. The summed E-state index contributed by atoms with van der Waals surface area (Å²) in [6, 6.07) is 22.9. The Labute approximate surface area is 148 Å². The number of nitro groups is 1. The molecule has 0 radical (unpaired) electrons. The van der Waals surface area contributed by atoms with Gasteiger partial charge in [0.15, 0.2) is 0 Å². The Morgan fingerprint density at radius 2 is 1.46 bits per heavy atom. The van der Waals surface area contributed by atoms with Crippen LogP contribution in [-0.2, 0) is 0 Å². The number of nitro benzene ring substituents is 1. The maximum absolute atomic E-state index is 12.3. The zero-order valence-corrected chi connectivity index (χ0v) is 13.6. The van der Waals surface area contributed by atoms with Gasteiger partial charge >= 0.3 is 5.97 Å². The summed E-state index contributed by atoms with van der Waals surface area (Å²) in [4.78, 5) is 22.5. The molecule has 0 aliphatic rings. The summed E-state index contributed by atoms with van der Waals surface area (Å²) in [6.07, 6.45) is 0. The molecule has 0 atom stereocenters. The Morgan fingerprint density at radius 3 is 2.19 bits per heavy atom. The van der Waals surface area contributed by atoms with Crippen LogP contribution in [0, 0.1) is 10.1 Å². The molecule has 0 aliphatic heterocycles. The first kappa shape index (κ1) is 15.8. The summed E-state index contributed by atoms with van der Waals surface area (Å²) in [7, 11) is 0. The highest BCUT2D eigenvalue weighted by Gasteiger charge is 2.12. The van der Waals surface area contributed by atoms with Gasteiger partial charge < -0.3 is 4.74 Å². The smallest absolute Gasteiger partial charge is 0.343 e. The molecule has 5 heteroatoms. The van der Waals surface area contributed by atoms with Crippen molar-refractivity contribution in [2.75, 3.05) is 0 Å². The highest BCUT2D eigenvalue weighted by molar-refractivity contribution is 6.08. The summed E-state index contributed by atoms with van der Waals surface area (Å²) in [6.45, 7) is 0. The highest BCUT2D eigenvalue weighted by atomic mass is 16.6. The Balaban J connectivity index is 1.67. The lowest BCUT2D eigenvalue weighted by Gasteiger charge is -2.08. The Bertz CT molecular complexity index is 1150. The van der Waals surface area contributed by atoms with E-state index in [-0.39, 0.29) is 11.3 Å². The fourth-order valence-corrected chi connectivity index (χ4v) is 2.93. The maximum atomic E-state index is 12.3. The van der Waals surface area contributed by atoms with E-state index in [0.717, 1.165) is 21.5 Å². The monoisotopic (exact) mass is 343 g/mol. The molecule has 4 rings (SSSR count). The molecule has 0 spiro atoms. The topological polar surface area (TPSA) is 69.4 Å². The average Bonchev–Trinajstić information content (AvgIpc) is 2.68. The second kappa shape index (κ2) is 6.29. The van der Waals surface area contributed by atoms with Gasteiger partial charge in [-0.25, -0.2) is 4.79 Å². The van der Waals surface area contributed by atoms with E-state index in [1.807, 2.05) is 42.5 Å². The maximum Gasteiger partial charge on any atom is 0.343 e. The first-order chi connectivity index (χ1) is 12.6. The third-order valence-electron chi connectivity index (χ3n) is 4.24. The van der Waals surface area contributed by atoms with E-state index in [0.29, 0.717) is 5.75 Å². The molecular weight excluding hydrogens is 330 g/mol. The number of carbonyl (C=O) groups excluding carboxylic acids is 1. The van der Waals surface area contributed by atoms with E-state index in [4.69, 9.17) is 4.74 Å². The van der Waals surface area contributed by atoms with E-state index < -0.39 is 10.9 Å². The van der Waals surface area contributed by atoms with Crippen LogP contribution in [0.2, 0.25) is 0 Å². The fraction of sp³-hybridized carbons (Fsp3) is 0. The van der Waals surface area contributed by atoms with Crippen molar-refractivity contribution >= 4 is 33.2 Å². The molecular formula is C21H13NO4. The number of nitrogens with zero attached hydrogens (tertiary/aromatic N) is 1. The van der Waals surface area contributed by atoms with E-state index >= 15 is 0 Å². The second-order valence-electron chi connectivity index (χ2n) is 5.86. The fourth-order valence-electron chi connectivity index (χ4n) is 2.93. The van der Waals surface area contributed by atoms with E-state index in [1.54, 1.807) is 6.07 Å². The van der Waals surface area contributed by atoms with Gasteiger partial charge in [-0.1, -0.05) is 42.5 Å². The van der Waals surface area contributed by atoms with Gasteiger partial charge in [-0.3, -0.25) is 10.1 Å². The number of hydrogen-bond donors (Lipinski definition) is 0. The number of benzene rings is 4. The Morgan fingerprint density at radius 1 is 0.808 bits per heavy atom. The summed E-state index contributed by atoms with van der Waals surface area (Å²) in [5, 5.41) is 14.9. The van der Waals surface area contributed by atoms with E-state index in [1.165, 1.54) is 24.3 Å². The molecule has 0 saturated heterocycles. The lowest BCUT2D eigenvalue weighted by Crippen LogP contribution is -2.08. The van der Waals surface area contributed by atoms with Gasteiger partial charge in [-0.2, -0.15) is 0 Å². The molecule has 0 saturated carbocycles. The molecule has 26 heavy (non-hydrogen) atoms. The predicted octanol–water partition coefficient (Wildman–Crippen LogP) is 5.12. The van der Waals surface area contributed by atoms with Crippen molar-refractivity contribution in [1.82, 2.24) is 0 Å². The van der Waals surface area contributed by atoms with Gasteiger partial charge in [0.2, 0.25) is 0 Å². The first-order valence-electron chi connectivity index (χ1n) is 8.00. The first-order valence-corrected chi connectivity index (χ1v) is 8.00. The molecule has 0 amide bonds. The number of esters is 1. The highest BCUT2D eigenvalue weighted by Crippen LogP contribution is 2.29. The van der Waals surface area contributed by atoms with Crippen LogP contribution in [0.1, 0.15) is 10.4 Å². The zero-order valence-electron chi connectivity index (χ0n) is 13.6. The third-order valence-corrected chi connectivity index (χ3v) is 4.24. The van der Waals surface area contributed by atoms with Crippen molar-refractivity contribution in [2.45, 2.75) is 0 Å². The molecule has 5 nitrogen and oxygen atoms in total. The lowest BCUT2D eigenvalue weighted by atomic mass is 10.0. The number of fused-ring (bicyclic) bond motifs is 3. The minimum absolute atomic E-state index is 0.0706. The lowest BCUT2D eigenvalue weighted by molar-refractivity contribution is -0.384. The van der Waals surface area contributed by atoms with Crippen molar-refractivity contribution in [2.24, 2.45) is 0 Å². The average molecular weight is 343 g/mol. The summed E-state index contributed by atoms with van der Waals surface area (Å²) >= 11 is 0. The van der Waals surface area contributed by atoms with Crippen LogP contribution in [0.4, 0.5) is 5.69 Å². The van der Waals surface area contributed by atoms with E-state index in [2.05, 4.69) is 6.07 Å². The van der Waals surface area contributed by atoms with Crippen molar-refractivity contribution in [3.63, 3.8) is 0 Å². The molecule has 0 unspecified atom stereocenters. The molecule has 0 fully saturated rings. The van der Waals surface area contributed by atoms with Crippen LogP contribution < -0.4 is 4.74 Å². The molecule has 126 valence electrons. The van der Waals surface area contributed by atoms with Crippen LogP contribution in [-0.4, -0.2) is 10.9 Å². The number of non-ortho nitro benzene ring substituents is 1. The molecule has 0 bridgehead atoms. The van der Waals surface area contributed by atoms with Crippen molar-refractivity contribution in [3.8, 4) is 5.75 Å². The van der Waals surface area contributed by atoms with Gasteiger partial charge in [0.05, 0.1) is 10.5 Å². The molecule has 4 aromatic carbocycles. The second-order valence-corrected chi connectivity index (χ2v) is 5.86. The van der Waals surface area contributed by atoms with E-state index in [9.17, 15) is 14.9 Å². The normalized spacial score (nSPS) is 10.8. The molecule has 0 aromatic heterocycles. The molecule has 0 heterocycles. The standard InChI is InChI=1S/C21H13NO4/c23-21(16-7-10-17(11-8-16)22(24)25)26-18-12-9-15-6-5-14-3-1-2-4-19(14)20(15)13-18/h1-13H. The number of rotatable bonds is 3. The number of hydrogen-bond acceptors (Lipinski definition) is 4. The molecule has 0 N–H and O–H groups in total. The molecule has 4 aromatic rings. The minimum Gasteiger partial charge on any atom is -0.423 e. The molecule has 0 aliphatic carbocycles. The van der Waals surface area contributed by atoms with Crippen molar-refractivity contribution in [3.05, 3.63) is 94.5 Å². The van der Waals surface area contributed by atoms with Crippen LogP contribution >= 0.6 is 0 Å². The van der Waals surface area contributed by atoms with Crippen LogP contribution in [0.3, 0.4) is 0 Å². The number of carbonyl (C=O) groups is 1. The summed E-state index contributed by atoms with van der Waals surface area (Å²) in [5.41, 5.74) is 0.187. The SMILES string of the molecule is O=C(Oc1ccc2ccc3ccccc3c2c1)c1ccc([N+](=O)[O-])cc1. The summed E-state index contributed by atoms with van der Waals surface area (Å²) in [5.74, 6) is -0.128. The quantitative estimate of drug-likeness (QED) is 0.170. The third kappa shape index (κ3) is 2.86. The van der Waals surface area contributed by atoms with Crippen LogP contribution in [0.25, 0.3) is 21.5 Å². The largest absolute Gasteiger partial charge is 0.423 e. The van der Waals surface area contributed by atoms with Gasteiger partial charge in [0, 0.05) is 12.1 Å². The zero-order chi connectivity index (χ0) is 18.1. The van der Waals surface area contributed by atoms with Crippen molar-refractivity contribution < 1.29 is 14.5 Å². The van der Waals surface area contributed by atoms with Gasteiger partial charge in [-0.05, 0) is 45.8 Å². The van der Waals surface area contributed by atoms with Gasteiger partial charge in [-0.15, -0.1) is 0 Å². The van der Waals surface area contributed by atoms with Gasteiger partial charge in [0.25, 0.3) is 5.69 Å². The van der Waals surface area contributed by atoms with Crippen LogP contribution in [0.5, 0.6) is 5.75 Å². The Hall–Kier alpha value is -3.73. The Kier molecular flexibility index (Phi) is 3.82. The van der Waals surface area contributed by atoms with Crippen molar-refractivity contribution in [1.29, 1.82) is 0 Å². The van der Waals surface area contributed by atoms with Gasteiger partial charge in [0.1, 0.15) is 5.75 Å². The number of ether oxygens (including phenoxy) is 1. The summed E-state index contributed by atoms with van der Waals surface area (Å²) < 4.78 is 5.45. The van der Waals surface area contributed by atoms with Crippen LogP contribution in [0.15, 0.2) is 78.9 Å².